The molecular formula is C15H17NO5S. The van der Waals surface area contributed by atoms with E-state index in [-0.39, 0.29) is 22.9 Å². The highest BCUT2D eigenvalue weighted by Crippen LogP contribution is 2.28. The van der Waals surface area contributed by atoms with Crippen molar-refractivity contribution in [3.8, 4) is 0 Å². The SMILES string of the molecule is CCN(c1ccc(C)cc1C(=O)O)S(=O)(=O)c1cc(C)co1. The Labute approximate surface area is 129 Å². The van der Waals surface area contributed by atoms with Gasteiger partial charge in [-0.3, -0.25) is 4.31 Å². The summed E-state index contributed by atoms with van der Waals surface area (Å²) in [4.78, 5) is 11.4. The van der Waals surface area contributed by atoms with E-state index in [0.29, 0.717) is 5.56 Å². The van der Waals surface area contributed by atoms with Crippen molar-refractivity contribution in [2.75, 3.05) is 10.8 Å². The Morgan fingerprint density at radius 3 is 2.41 bits per heavy atom. The fourth-order valence-corrected chi connectivity index (χ4v) is 3.64. The minimum Gasteiger partial charge on any atom is -0.478 e. The number of hydrogen-bond acceptors (Lipinski definition) is 4. The van der Waals surface area contributed by atoms with Gasteiger partial charge in [0.2, 0.25) is 5.09 Å². The highest BCUT2D eigenvalue weighted by molar-refractivity contribution is 7.92. The van der Waals surface area contributed by atoms with Crippen LogP contribution < -0.4 is 4.31 Å². The van der Waals surface area contributed by atoms with E-state index in [1.54, 1.807) is 26.8 Å². The molecule has 6 nitrogen and oxygen atoms in total. The molecule has 0 aliphatic heterocycles. The number of carboxylic acids is 1. The molecule has 0 aliphatic carbocycles. The number of furan rings is 1. The number of aryl methyl sites for hydroxylation is 2. The third-order valence-corrected chi connectivity index (χ3v) is 4.95. The molecule has 0 fully saturated rings. The lowest BCUT2D eigenvalue weighted by molar-refractivity contribution is 0.0697. The van der Waals surface area contributed by atoms with Crippen molar-refractivity contribution < 1.29 is 22.7 Å². The molecule has 1 heterocycles. The first-order chi connectivity index (χ1) is 10.3. The summed E-state index contributed by atoms with van der Waals surface area (Å²) in [5.41, 5.74) is 1.48. The smallest absolute Gasteiger partial charge is 0.337 e. The summed E-state index contributed by atoms with van der Waals surface area (Å²) in [5, 5.41) is 9.13. The first-order valence-corrected chi connectivity index (χ1v) is 8.13. The summed E-state index contributed by atoms with van der Waals surface area (Å²) in [6.07, 6.45) is 1.34. The van der Waals surface area contributed by atoms with Gasteiger partial charge in [0, 0.05) is 12.6 Å². The minimum absolute atomic E-state index is 0.0614. The van der Waals surface area contributed by atoms with E-state index in [1.165, 1.54) is 24.5 Å². The van der Waals surface area contributed by atoms with Crippen molar-refractivity contribution >= 4 is 21.7 Å². The molecule has 2 rings (SSSR count). The van der Waals surface area contributed by atoms with E-state index < -0.39 is 16.0 Å². The Morgan fingerprint density at radius 1 is 1.23 bits per heavy atom. The predicted octanol–water partition coefficient (Wildman–Crippen LogP) is 2.81. The van der Waals surface area contributed by atoms with Crippen LogP contribution in [-0.2, 0) is 10.0 Å². The zero-order chi connectivity index (χ0) is 16.5. The number of anilines is 1. The molecule has 0 radical (unpaired) electrons. The lowest BCUT2D eigenvalue weighted by atomic mass is 10.1. The van der Waals surface area contributed by atoms with Crippen molar-refractivity contribution in [3.63, 3.8) is 0 Å². The number of hydrogen-bond donors (Lipinski definition) is 1. The first-order valence-electron chi connectivity index (χ1n) is 6.69. The van der Waals surface area contributed by atoms with Crippen LogP contribution in [0.3, 0.4) is 0 Å². The Balaban J connectivity index is 2.60. The average Bonchev–Trinajstić information content (AvgIpc) is 2.88. The van der Waals surface area contributed by atoms with Crippen LogP contribution in [0, 0.1) is 13.8 Å². The summed E-state index contributed by atoms with van der Waals surface area (Å²) < 4.78 is 31.5. The maximum atomic E-state index is 12.7. The Morgan fingerprint density at radius 2 is 1.91 bits per heavy atom. The molecule has 0 spiro atoms. The Hall–Kier alpha value is -2.28. The van der Waals surface area contributed by atoms with Crippen LogP contribution in [0.1, 0.15) is 28.4 Å². The summed E-state index contributed by atoms with van der Waals surface area (Å²) in [6, 6.07) is 6.03. The van der Waals surface area contributed by atoms with Gasteiger partial charge in [-0.15, -0.1) is 0 Å². The predicted molar refractivity (Wildman–Crippen MR) is 81.8 cm³/mol. The third-order valence-electron chi connectivity index (χ3n) is 3.19. The van der Waals surface area contributed by atoms with Crippen LogP contribution in [0.15, 0.2) is 40.0 Å². The van der Waals surface area contributed by atoms with Gasteiger partial charge in [0.25, 0.3) is 10.0 Å². The number of carboxylic acid groups (broad SMARTS) is 1. The van der Waals surface area contributed by atoms with E-state index in [1.807, 2.05) is 0 Å². The molecule has 1 aromatic carbocycles. The molecule has 1 N–H and O–H groups in total. The largest absolute Gasteiger partial charge is 0.478 e. The molecule has 0 atom stereocenters. The van der Waals surface area contributed by atoms with Gasteiger partial charge in [-0.05, 0) is 38.5 Å². The quantitative estimate of drug-likeness (QED) is 0.914. The van der Waals surface area contributed by atoms with Crippen molar-refractivity contribution in [2.45, 2.75) is 25.9 Å². The summed E-state index contributed by atoms with van der Waals surface area (Å²) in [5.74, 6) is -1.18. The van der Waals surface area contributed by atoms with Gasteiger partial charge in [0.1, 0.15) is 0 Å². The van der Waals surface area contributed by atoms with Crippen molar-refractivity contribution in [1.29, 1.82) is 0 Å². The normalized spacial score (nSPS) is 11.4. The van der Waals surface area contributed by atoms with Gasteiger partial charge in [-0.25, -0.2) is 4.79 Å². The maximum Gasteiger partial charge on any atom is 0.337 e. The highest BCUT2D eigenvalue weighted by Gasteiger charge is 2.29. The summed E-state index contributed by atoms with van der Waals surface area (Å²) in [6.45, 7) is 5.19. The third kappa shape index (κ3) is 2.85. The molecule has 1 aromatic heterocycles. The van der Waals surface area contributed by atoms with Crippen LogP contribution in [0.4, 0.5) is 5.69 Å². The molecule has 7 heteroatoms. The van der Waals surface area contributed by atoms with Crippen molar-refractivity contribution in [1.82, 2.24) is 0 Å². The summed E-state index contributed by atoms with van der Waals surface area (Å²) in [7, 11) is -3.95. The van der Waals surface area contributed by atoms with E-state index in [2.05, 4.69) is 0 Å². The fraction of sp³-hybridized carbons (Fsp3) is 0.267. The molecule has 0 unspecified atom stereocenters. The molecule has 118 valence electrons. The number of nitrogens with zero attached hydrogens (tertiary/aromatic N) is 1. The second kappa shape index (κ2) is 5.84. The zero-order valence-corrected chi connectivity index (χ0v) is 13.3. The van der Waals surface area contributed by atoms with Crippen molar-refractivity contribution in [2.24, 2.45) is 0 Å². The second-order valence-electron chi connectivity index (χ2n) is 4.94. The number of carbonyl (C=O) groups is 1. The lowest BCUT2D eigenvalue weighted by Gasteiger charge is -2.23. The molecule has 2 aromatic rings. The van der Waals surface area contributed by atoms with Gasteiger partial charge in [0.05, 0.1) is 17.5 Å². The number of sulfonamides is 1. The van der Waals surface area contributed by atoms with Gasteiger partial charge >= 0.3 is 5.97 Å². The number of benzene rings is 1. The molecule has 0 amide bonds. The zero-order valence-electron chi connectivity index (χ0n) is 12.5. The average molecular weight is 323 g/mol. The van der Waals surface area contributed by atoms with Crippen LogP contribution in [0.25, 0.3) is 0 Å². The van der Waals surface area contributed by atoms with Gasteiger partial charge in [-0.2, -0.15) is 8.42 Å². The topological polar surface area (TPSA) is 87.8 Å². The van der Waals surface area contributed by atoms with Crippen LogP contribution in [0.2, 0.25) is 0 Å². The van der Waals surface area contributed by atoms with E-state index in [4.69, 9.17) is 4.42 Å². The van der Waals surface area contributed by atoms with Crippen LogP contribution >= 0.6 is 0 Å². The second-order valence-corrected chi connectivity index (χ2v) is 6.73. The molecule has 22 heavy (non-hydrogen) atoms. The number of rotatable bonds is 5. The molecule has 0 aliphatic rings. The minimum atomic E-state index is -3.95. The van der Waals surface area contributed by atoms with E-state index in [0.717, 1.165) is 9.87 Å². The molecule has 0 bridgehead atoms. The van der Waals surface area contributed by atoms with Crippen molar-refractivity contribution in [3.05, 3.63) is 47.2 Å². The van der Waals surface area contributed by atoms with E-state index >= 15 is 0 Å². The Kier molecular flexibility index (Phi) is 4.27. The van der Waals surface area contributed by atoms with Gasteiger partial charge in [-0.1, -0.05) is 11.6 Å². The standard InChI is InChI=1S/C15H17NO5S/c1-4-16(22(19,20)14-8-11(3)9-21-14)13-6-5-10(2)7-12(13)15(17)18/h5-9H,4H2,1-3H3,(H,17,18). The monoisotopic (exact) mass is 323 g/mol. The van der Waals surface area contributed by atoms with E-state index in [9.17, 15) is 18.3 Å². The first kappa shape index (κ1) is 16.1. The molecule has 0 saturated carbocycles. The molecular weight excluding hydrogens is 306 g/mol. The lowest BCUT2D eigenvalue weighted by Crippen LogP contribution is -2.32. The van der Waals surface area contributed by atoms with Crippen LogP contribution in [-0.4, -0.2) is 26.0 Å². The van der Waals surface area contributed by atoms with Gasteiger partial charge < -0.3 is 9.52 Å². The van der Waals surface area contributed by atoms with Crippen LogP contribution in [0.5, 0.6) is 0 Å². The Bertz CT molecular complexity index is 807. The fourth-order valence-electron chi connectivity index (χ4n) is 2.16. The maximum absolute atomic E-state index is 12.7. The highest BCUT2D eigenvalue weighted by atomic mass is 32.2. The molecule has 0 saturated heterocycles. The summed E-state index contributed by atoms with van der Waals surface area (Å²) >= 11 is 0. The van der Waals surface area contributed by atoms with Gasteiger partial charge in [0.15, 0.2) is 0 Å². The number of aromatic carboxylic acids is 1.